The Balaban J connectivity index is 1.48. The largest absolute Gasteiger partial charge is 0.360 e. The average molecular weight is 380 g/mol. The Kier molecular flexibility index (Phi) is 6.04. The van der Waals surface area contributed by atoms with E-state index < -0.39 is 0 Å². The van der Waals surface area contributed by atoms with Gasteiger partial charge < -0.3 is 9.42 Å². The number of aromatic nitrogens is 1. The van der Waals surface area contributed by atoms with E-state index in [1.54, 1.807) is 11.8 Å². The number of hydrogen-bond acceptors (Lipinski definition) is 5. The Hall–Kier alpha value is -1.50. The molecule has 0 saturated carbocycles. The van der Waals surface area contributed by atoms with Crippen molar-refractivity contribution >= 4 is 29.3 Å². The van der Waals surface area contributed by atoms with Crippen LogP contribution in [0.4, 0.5) is 0 Å². The van der Waals surface area contributed by atoms with Gasteiger partial charge in [-0.05, 0) is 38.1 Å². The minimum absolute atomic E-state index is 0.107. The first kappa shape index (κ1) is 18.3. The fraction of sp³-hybridized carbons (Fsp3) is 0.444. The number of carbonyl (C=O) groups excluding carboxylic acids is 1. The van der Waals surface area contributed by atoms with Crippen LogP contribution in [0.15, 0.2) is 39.8 Å². The van der Waals surface area contributed by atoms with Gasteiger partial charge in [0.15, 0.2) is 5.76 Å². The number of rotatable bonds is 5. The molecule has 3 rings (SSSR count). The van der Waals surface area contributed by atoms with Crippen molar-refractivity contribution in [1.82, 2.24) is 15.0 Å². The van der Waals surface area contributed by atoms with Gasteiger partial charge in [0.25, 0.3) is 0 Å². The molecule has 1 aliphatic rings. The molecule has 1 amide bonds. The minimum Gasteiger partial charge on any atom is -0.360 e. The molecule has 134 valence electrons. The standard InChI is InChI=1S/C18H22ClN3O2S/c1-13-11-16(24-20-13)12-21-7-9-22(10-8-21)18(23)14(2)25-17-5-3-15(19)4-6-17/h3-6,11,14H,7-10,12H2,1-2H3. The lowest BCUT2D eigenvalue weighted by molar-refractivity contribution is -0.132. The fourth-order valence-electron chi connectivity index (χ4n) is 2.86. The molecule has 2 aromatic rings. The molecule has 5 nitrogen and oxygen atoms in total. The van der Waals surface area contributed by atoms with Crippen LogP contribution in [-0.2, 0) is 11.3 Å². The maximum Gasteiger partial charge on any atom is 0.235 e. The van der Waals surface area contributed by atoms with Gasteiger partial charge in [-0.25, -0.2) is 0 Å². The smallest absolute Gasteiger partial charge is 0.235 e. The fourth-order valence-corrected chi connectivity index (χ4v) is 3.94. The number of thioether (sulfide) groups is 1. The maximum absolute atomic E-state index is 12.7. The van der Waals surface area contributed by atoms with Crippen LogP contribution in [-0.4, -0.2) is 52.3 Å². The van der Waals surface area contributed by atoms with Gasteiger partial charge in [0.2, 0.25) is 5.91 Å². The predicted molar refractivity (Wildman–Crippen MR) is 99.9 cm³/mol. The van der Waals surface area contributed by atoms with Crippen molar-refractivity contribution in [2.45, 2.75) is 30.5 Å². The topological polar surface area (TPSA) is 49.6 Å². The van der Waals surface area contributed by atoms with Gasteiger partial charge in [0.1, 0.15) is 0 Å². The quantitative estimate of drug-likeness (QED) is 0.744. The summed E-state index contributed by atoms with van der Waals surface area (Å²) in [4.78, 5) is 18.0. The molecule has 1 aliphatic heterocycles. The molecule has 0 bridgehead atoms. The molecule has 0 aliphatic carbocycles. The van der Waals surface area contributed by atoms with E-state index in [0.29, 0.717) is 5.02 Å². The molecule has 1 unspecified atom stereocenters. The molecule has 7 heteroatoms. The number of benzene rings is 1. The van der Waals surface area contributed by atoms with Crippen LogP contribution >= 0.6 is 23.4 Å². The number of nitrogens with zero attached hydrogens (tertiary/aromatic N) is 3. The number of aryl methyl sites for hydroxylation is 1. The molecule has 1 atom stereocenters. The number of amides is 1. The summed E-state index contributed by atoms with van der Waals surface area (Å²) < 4.78 is 5.27. The van der Waals surface area contributed by atoms with Crippen LogP contribution in [0.5, 0.6) is 0 Å². The third-order valence-corrected chi connectivity index (χ3v) is 5.57. The summed E-state index contributed by atoms with van der Waals surface area (Å²) in [6.45, 7) is 7.83. The lowest BCUT2D eigenvalue weighted by Gasteiger charge is -2.35. The van der Waals surface area contributed by atoms with E-state index in [1.165, 1.54) is 0 Å². The number of carbonyl (C=O) groups is 1. The van der Waals surface area contributed by atoms with Gasteiger partial charge >= 0.3 is 0 Å². The molecule has 1 aromatic heterocycles. The van der Waals surface area contributed by atoms with Gasteiger partial charge in [0, 0.05) is 42.2 Å². The van der Waals surface area contributed by atoms with Gasteiger partial charge in [-0.3, -0.25) is 9.69 Å². The summed E-state index contributed by atoms with van der Waals surface area (Å²) in [7, 11) is 0. The number of halogens is 1. The Morgan fingerprint density at radius 1 is 1.28 bits per heavy atom. The van der Waals surface area contributed by atoms with Crippen molar-refractivity contribution in [3.05, 3.63) is 46.8 Å². The van der Waals surface area contributed by atoms with Crippen LogP contribution in [0.2, 0.25) is 5.02 Å². The van der Waals surface area contributed by atoms with E-state index in [4.69, 9.17) is 16.1 Å². The van der Waals surface area contributed by atoms with Crippen molar-refractivity contribution in [2.24, 2.45) is 0 Å². The summed E-state index contributed by atoms with van der Waals surface area (Å²) in [6.07, 6.45) is 0. The second-order valence-corrected chi connectivity index (χ2v) is 8.10. The lowest BCUT2D eigenvalue weighted by Crippen LogP contribution is -2.50. The van der Waals surface area contributed by atoms with Crippen molar-refractivity contribution in [3.8, 4) is 0 Å². The highest BCUT2D eigenvalue weighted by Gasteiger charge is 2.26. The van der Waals surface area contributed by atoms with Crippen molar-refractivity contribution in [3.63, 3.8) is 0 Å². The summed E-state index contributed by atoms with van der Waals surface area (Å²) >= 11 is 7.48. The summed E-state index contributed by atoms with van der Waals surface area (Å²) in [5, 5.41) is 4.52. The van der Waals surface area contributed by atoms with E-state index in [0.717, 1.165) is 49.1 Å². The highest BCUT2D eigenvalue weighted by atomic mass is 35.5. The average Bonchev–Trinajstić information content (AvgIpc) is 3.02. The first-order valence-electron chi connectivity index (χ1n) is 8.37. The molecule has 25 heavy (non-hydrogen) atoms. The molecule has 0 spiro atoms. The second kappa shape index (κ2) is 8.25. The van der Waals surface area contributed by atoms with Crippen LogP contribution in [0.25, 0.3) is 0 Å². The third kappa shape index (κ3) is 5.00. The molecular formula is C18H22ClN3O2S. The highest BCUT2D eigenvalue weighted by Crippen LogP contribution is 2.26. The summed E-state index contributed by atoms with van der Waals surface area (Å²) in [6, 6.07) is 9.57. The van der Waals surface area contributed by atoms with E-state index in [2.05, 4.69) is 10.1 Å². The third-order valence-electron chi connectivity index (χ3n) is 4.21. The molecule has 0 N–H and O–H groups in total. The molecule has 1 fully saturated rings. The summed E-state index contributed by atoms with van der Waals surface area (Å²) in [5.41, 5.74) is 0.900. The Morgan fingerprint density at radius 2 is 1.96 bits per heavy atom. The number of piperazine rings is 1. The predicted octanol–water partition coefficient (Wildman–Crippen LogP) is 3.46. The Labute approximate surface area is 157 Å². The van der Waals surface area contributed by atoms with E-state index in [9.17, 15) is 4.79 Å². The van der Waals surface area contributed by atoms with Gasteiger partial charge in [-0.2, -0.15) is 0 Å². The van der Waals surface area contributed by atoms with Gasteiger partial charge in [0.05, 0.1) is 17.5 Å². The van der Waals surface area contributed by atoms with Crippen LogP contribution in [0.1, 0.15) is 18.4 Å². The summed E-state index contributed by atoms with van der Waals surface area (Å²) in [5.74, 6) is 1.07. The Bertz CT molecular complexity index is 711. The minimum atomic E-state index is -0.107. The second-order valence-electron chi connectivity index (χ2n) is 6.25. The van der Waals surface area contributed by atoms with E-state index in [1.807, 2.05) is 49.1 Å². The molecule has 1 aromatic carbocycles. The molecular weight excluding hydrogens is 358 g/mol. The highest BCUT2D eigenvalue weighted by molar-refractivity contribution is 8.00. The normalized spacial score (nSPS) is 16.8. The zero-order valence-corrected chi connectivity index (χ0v) is 16.0. The monoisotopic (exact) mass is 379 g/mol. The zero-order chi connectivity index (χ0) is 17.8. The van der Waals surface area contributed by atoms with Crippen molar-refractivity contribution in [1.29, 1.82) is 0 Å². The lowest BCUT2D eigenvalue weighted by atomic mass is 10.2. The Morgan fingerprint density at radius 3 is 2.56 bits per heavy atom. The molecule has 0 radical (unpaired) electrons. The van der Waals surface area contributed by atoms with Crippen LogP contribution in [0.3, 0.4) is 0 Å². The van der Waals surface area contributed by atoms with Crippen LogP contribution < -0.4 is 0 Å². The van der Waals surface area contributed by atoms with E-state index >= 15 is 0 Å². The SMILES string of the molecule is Cc1cc(CN2CCN(C(=O)C(C)Sc3ccc(Cl)cc3)CC2)on1. The first-order valence-corrected chi connectivity index (χ1v) is 9.62. The van der Waals surface area contributed by atoms with Crippen LogP contribution in [0, 0.1) is 6.92 Å². The molecule has 2 heterocycles. The first-order chi connectivity index (χ1) is 12.0. The zero-order valence-electron chi connectivity index (χ0n) is 14.4. The maximum atomic E-state index is 12.7. The van der Waals surface area contributed by atoms with Gasteiger partial charge in [-0.15, -0.1) is 11.8 Å². The number of hydrogen-bond donors (Lipinski definition) is 0. The van der Waals surface area contributed by atoms with Gasteiger partial charge in [-0.1, -0.05) is 16.8 Å². The van der Waals surface area contributed by atoms with E-state index in [-0.39, 0.29) is 11.2 Å². The van der Waals surface area contributed by atoms with Crippen molar-refractivity contribution < 1.29 is 9.32 Å². The van der Waals surface area contributed by atoms with Crippen molar-refractivity contribution in [2.75, 3.05) is 26.2 Å². The molecule has 1 saturated heterocycles.